The molecule has 7 heteroatoms. The maximum atomic E-state index is 5.55. The number of ether oxygens (including phenoxy) is 2. The number of nitrogens with zero attached hydrogens (tertiary/aromatic N) is 2. The monoisotopic (exact) mass is 524 g/mol. The number of benzene rings is 2. The molecule has 2 N–H and O–H groups in total. The van der Waals surface area contributed by atoms with Crippen molar-refractivity contribution in [2.24, 2.45) is 4.99 Å². The van der Waals surface area contributed by atoms with Crippen LogP contribution < -0.4 is 15.4 Å². The van der Waals surface area contributed by atoms with Crippen molar-refractivity contribution in [3.63, 3.8) is 0 Å². The fourth-order valence-electron chi connectivity index (χ4n) is 3.46. The summed E-state index contributed by atoms with van der Waals surface area (Å²) >= 11 is 0. The van der Waals surface area contributed by atoms with Gasteiger partial charge < -0.3 is 20.1 Å². The number of rotatable bonds is 8. The molecule has 3 rings (SSSR count). The molecule has 0 bridgehead atoms. The Bertz CT molecular complexity index is 750. The number of aliphatic imine (C=N–C) groups is 1. The Balaban J connectivity index is 0.00000320. The van der Waals surface area contributed by atoms with Crippen LogP contribution in [-0.4, -0.2) is 57.4 Å². The Kier molecular flexibility index (Phi) is 11.0. The second-order valence-electron chi connectivity index (χ2n) is 7.00. The number of methoxy groups -OCH3 is 1. The lowest BCUT2D eigenvalue weighted by molar-refractivity contribution is 0.0170. The predicted octanol–water partition coefficient (Wildman–Crippen LogP) is 3.44. The molecular formula is C23H33IN4O2. The minimum atomic E-state index is 0. The van der Waals surface area contributed by atoms with Gasteiger partial charge >= 0.3 is 0 Å². The third kappa shape index (κ3) is 7.45. The maximum Gasteiger partial charge on any atom is 0.191 e. The quantitative estimate of drug-likeness (QED) is 0.315. The van der Waals surface area contributed by atoms with Gasteiger partial charge in [-0.25, -0.2) is 4.99 Å². The van der Waals surface area contributed by atoms with Gasteiger partial charge in [-0.3, -0.25) is 4.90 Å². The molecule has 1 heterocycles. The lowest BCUT2D eigenvalue weighted by Gasteiger charge is -2.35. The van der Waals surface area contributed by atoms with E-state index >= 15 is 0 Å². The molecule has 1 unspecified atom stereocenters. The van der Waals surface area contributed by atoms with Crippen molar-refractivity contribution in [3.8, 4) is 5.75 Å². The van der Waals surface area contributed by atoms with Crippen molar-refractivity contribution in [2.75, 3.05) is 46.5 Å². The van der Waals surface area contributed by atoms with Gasteiger partial charge in [-0.15, -0.1) is 24.0 Å². The van der Waals surface area contributed by atoms with E-state index in [2.05, 4.69) is 52.8 Å². The first kappa shape index (κ1) is 24.4. The Morgan fingerprint density at radius 1 is 1.07 bits per heavy atom. The number of halogens is 1. The van der Waals surface area contributed by atoms with Crippen molar-refractivity contribution in [2.45, 2.75) is 19.5 Å². The van der Waals surface area contributed by atoms with Crippen LogP contribution in [0.25, 0.3) is 0 Å². The zero-order valence-electron chi connectivity index (χ0n) is 17.8. The van der Waals surface area contributed by atoms with Crippen molar-refractivity contribution >= 4 is 29.9 Å². The fraction of sp³-hybridized carbons (Fsp3) is 0.435. The van der Waals surface area contributed by atoms with Gasteiger partial charge in [0, 0.05) is 26.2 Å². The summed E-state index contributed by atoms with van der Waals surface area (Å²) in [5.74, 6) is 1.69. The minimum absolute atomic E-state index is 0. The third-order valence-electron chi connectivity index (χ3n) is 5.06. The number of hydrogen-bond donors (Lipinski definition) is 2. The van der Waals surface area contributed by atoms with Crippen LogP contribution in [0.5, 0.6) is 5.75 Å². The second kappa shape index (κ2) is 13.5. The first-order valence-corrected chi connectivity index (χ1v) is 10.3. The molecule has 1 aliphatic rings. The molecule has 0 radical (unpaired) electrons. The van der Waals surface area contributed by atoms with E-state index in [1.54, 1.807) is 7.11 Å². The zero-order chi connectivity index (χ0) is 20.3. The van der Waals surface area contributed by atoms with E-state index in [0.29, 0.717) is 6.54 Å². The van der Waals surface area contributed by atoms with E-state index < -0.39 is 0 Å². The summed E-state index contributed by atoms with van der Waals surface area (Å²) in [7, 11) is 1.68. The predicted molar refractivity (Wildman–Crippen MR) is 133 cm³/mol. The van der Waals surface area contributed by atoms with Crippen LogP contribution in [-0.2, 0) is 11.3 Å². The fourth-order valence-corrected chi connectivity index (χ4v) is 3.46. The van der Waals surface area contributed by atoms with E-state index in [1.807, 2.05) is 24.3 Å². The van der Waals surface area contributed by atoms with Gasteiger partial charge in [0.15, 0.2) is 5.96 Å². The van der Waals surface area contributed by atoms with Crippen molar-refractivity contribution in [1.29, 1.82) is 0 Å². The number of guanidine groups is 1. The molecule has 0 aromatic heterocycles. The molecule has 1 atom stereocenters. The van der Waals surface area contributed by atoms with Gasteiger partial charge in [-0.2, -0.15) is 0 Å². The Morgan fingerprint density at radius 2 is 1.77 bits per heavy atom. The molecule has 2 aromatic carbocycles. The van der Waals surface area contributed by atoms with Crippen LogP contribution in [0.2, 0.25) is 0 Å². The lowest BCUT2D eigenvalue weighted by Crippen LogP contribution is -2.46. The highest BCUT2D eigenvalue weighted by atomic mass is 127. The van der Waals surface area contributed by atoms with Crippen LogP contribution in [0, 0.1) is 0 Å². The molecule has 0 aliphatic carbocycles. The third-order valence-corrected chi connectivity index (χ3v) is 5.06. The minimum Gasteiger partial charge on any atom is -0.497 e. The summed E-state index contributed by atoms with van der Waals surface area (Å²) in [5.41, 5.74) is 2.46. The molecule has 0 spiro atoms. The second-order valence-corrected chi connectivity index (χ2v) is 7.00. The summed E-state index contributed by atoms with van der Waals surface area (Å²) in [5, 5.41) is 6.90. The largest absolute Gasteiger partial charge is 0.497 e. The van der Waals surface area contributed by atoms with Gasteiger partial charge in [-0.1, -0.05) is 42.5 Å². The topological polar surface area (TPSA) is 58.1 Å². The van der Waals surface area contributed by atoms with Crippen LogP contribution in [0.1, 0.15) is 24.1 Å². The van der Waals surface area contributed by atoms with Gasteiger partial charge in [-0.05, 0) is 30.2 Å². The summed E-state index contributed by atoms with van der Waals surface area (Å²) in [4.78, 5) is 7.25. The van der Waals surface area contributed by atoms with E-state index in [-0.39, 0.29) is 30.0 Å². The Hall–Kier alpha value is -1.84. The summed E-state index contributed by atoms with van der Waals surface area (Å²) in [6.45, 7) is 7.78. The van der Waals surface area contributed by atoms with E-state index in [0.717, 1.165) is 56.7 Å². The average molecular weight is 524 g/mol. The Morgan fingerprint density at radius 3 is 2.40 bits per heavy atom. The number of nitrogens with one attached hydrogen (secondary N) is 2. The molecule has 1 aliphatic heterocycles. The average Bonchev–Trinajstić information content (AvgIpc) is 2.79. The highest BCUT2D eigenvalue weighted by molar-refractivity contribution is 14.0. The molecule has 6 nitrogen and oxygen atoms in total. The van der Waals surface area contributed by atoms with Crippen molar-refractivity contribution < 1.29 is 9.47 Å². The number of hydrogen-bond acceptors (Lipinski definition) is 4. The lowest BCUT2D eigenvalue weighted by atomic mass is 10.0. The molecule has 1 saturated heterocycles. The van der Waals surface area contributed by atoms with E-state index in [1.165, 1.54) is 5.56 Å². The molecule has 2 aromatic rings. The van der Waals surface area contributed by atoms with Gasteiger partial charge in [0.2, 0.25) is 0 Å². The van der Waals surface area contributed by atoms with Crippen molar-refractivity contribution in [3.05, 3.63) is 65.7 Å². The molecule has 30 heavy (non-hydrogen) atoms. The highest BCUT2D eigenvalue weighted by Crippen LogP contribution is 2.21. The molecule has 0 amide bonds. The van der Waals surface area contributed by atoms with E-state index in [9.17, 15) is 0 Å². The normalized spacial score (nSPS) is 15.7. The molecule has 0 saturated carbocycles. The first-order valence-electron chi connectivity index (χ1n) is 10.3. The Labute approximate surface area is 197 Å². The van der Waals surface area contributed by atoms with Crippen LogP contribution in [0.4, 0.5) is 0 Å². The summed E-state index contributed by atoms with van der Waals surface area (Å²) < 4.78 is 10.8. The van der Waals surface area contributed by atoms with E-state index in [4.69, 9.17) is 14.5 Å². The molecule has 164 valence electrons. The highest BCUT2D eigenvalue weighted by Gasteiger charge is 2.22. The smallest absolute Gasteiger partial charge is 0.191 e. The summed E-state index contributed by atoms with van der Waals surface area (Å²) in [6.07, 6.45) is 0. The maximum absolute atomic E-state index is 5.55. The standard InChI is InChI=1S/C23H32N4O2.HI/c1-3-24-23(25-17-19-9-11-21(28-2)12-10-19)26-18-22(20-7-5-4-6-8-20)27-13-15-29-16-14-27;/h4-12,22H,3,13-18H2,1-2H3,(H2,24,25,26);1H. The van der Waals surface area contributed by atoms with Gasteiger partial charge in [0.05, 0.1) is 32.9 Å². The SMILES string of the molecule is CCNC(=NCc1ccc(OC)cc1)NCC(c1ccccc1)N1CCOCC1.I. The number of morpholine rings is 1. The van der Waals surface area contributed by atoms with Crippen molar-refractivity contribution in [1.82, 2.24) is 15.5 Å². The molecule has 1 fully saturated rings. The van der Waals surface area contributed by atoms with Gasteiger partial charge in [0.1, 0.15) is 5.75 Å². The van der Waals surface area contributed by atoms with Crippen LogP contribution in [0.15, 0.2) is 59.6 Å². The van der Waals surface area contributed by atoms with Crippen LogP contribution >= 0.6 is 24.0 Å². The zero-order valence-corrected chi connectivity index (χ0v) is 20.2. The summed E-state index contributed by atoms with van der Waals surface area (Å²) in [6, 6.07) is 19.0. The molecular weight excluding hydrogens is 491 g/mol. The van der Waals surface area contributed by atoms with Gasteiger partial charge in [0.25, 0.3) is 0 Å². The van der Waals surface area contributed by atoms with Crippen LogP contribution in [0.3, 0.4) is 0 Å². The first-order chi connectivity index (χ1) is 14.3.